The zero-order chi connectivity index (χ0) is 21.2. The lowest BCUT2D eigenvalue weighted by atomic mass is 9.82. The third kappa shape index (κ3) is 2.48. The number of benzene rings is 5. The van der Waals surface area contributed by atoms with Crippen LogP contribution in [0.3, 0.4) is 0 Å². The maximum atomic E-state index is 14.3. The van der Waals surface area contributed by atoms with Gasteiger partial charge in [0.25, 0.3) is 0 Å². The summed E-state index contributed by atoms with van der Waals surface area (Å²) in [6, 6.07) is 17.5. The molecule has 150 valence electrons. The number of hydrogen-bond donors (Lipinski definition) is 1. The number of halogens is 3. The van der Waals surface area contributed by atoms with Crippen LogP contribution in [0.5, 0.6) is 0 Å². The third-order valence-corrected chi connectivity index (χ3v) is 6.05. The van der Waals surface area contributed by atoms with Gasteiger partial charge in [-0.3, -0.25) is 4.79 Å². The van der Waals surface area contributed by atoms with Crippen LogP contribution in [0.25, 0.3) is 43.1 Å². The number of aliphatic carboxylic acids is 1. The Morgan fingerprint density at radius 1 is 0.867 bits per heavy atom. The second-order valence-electron chi connectivity index (χ2n) is 7.62. The molecule has 0 amide bonds. The quantitative estimate of drug-likeness (QED) is 0.251. The number of carboxylic acid groups (broad SMARTS) is 1. The van der Waals surface area contributed by atoms with Crippen molar-refractivity contribution in [3.8, 4) is 0 Å². The Labute approximate surface area is 169 Å². The molecule has 0 saturated heterocycles. The van der Waals surface area contributed by atoms with E-state index in [4.69, 9.17) is 0 Å². The maximum absolute atomic E-state index is 14.3. The molecule has 5 heteroatoms. The van der Waals surface area contributed by atoms with Crippen molar-refractivity contribution in [3.05, 3.63) is 71.8 Å². The highest BCUT2D eigenvalue weighted by atomic mass is 19.4. The fourth-order valence-electron chi connectivity index (χ4n) is 4.82. The molecule has 1 atom stereocenters. The Kier molecular flexibility index (Phi) is 3.94. The average Bonchev–Trinajstić information content (AvgIpc) is 2.71. The van der Waals surface area contributed by atoms with Crippen molar-refractivity contribution < 1.29 is 23.1 Å². The highest BCUT2D eigenvalue weighted by Gasteiger charge is 2.36. The van der Waals surface area contributed by atoms with Gasteiger partial charge in [-0.25, -0.2) is 0 Å². The normalized spacial score (nSPS) is 13.6. The summed E-state index contributed by atoms with van der Waals surface area (Å²) in [5.41, 5.74) is -0.566. The van der Waals surface area contributed by atoms with E-state index < -0.39 is 23.6 Å². The molecule has 5 aromatic rings. The molecule has 1 unspecified atom stereocenters. The van der Waals surface area contributed by atoms with Crippen LogP contribution in [0.1, 0.15) is 30.4 Å². The van der Waals surface area contributed by atoms with Crippen LogP contribution in [-0.4, -0.2) is 11.1 Å². The summed E-state index contributed by atoms with van der Waals surface area (Å²) in [7, 11) is 0. The van der Waals surface area contributed by atoms with Crippen molar-refractivity contribution in [3.63, 3.8) is 0 Å². The number of carboxylic acids is 1. The van der Waals surface area contributed by atoms with E-state index in [1.54, 1.807) is 31.2 Å². The van der Waals surface area contributed by atoms with Crippen LogP contribution in [0.4, 0.5) is 13.2 Å². The molecule has 0 radical (unpaired) electrons. The van der Waals surface area contributed by atoms with Gasteiger partial charge in [-0.15, -0.1) is 0 Å². The first-order valence-electron chi connectivity index (χ1n) is 9.75. The summed E-state index contributed by atoms with van der Waals surface area (Å²) >= 11 is 0. The number of fused-ring (bicyclic) bond motifs is 2. The molecule has 30 heavy (non-hydrogen) atoms. The summed E-state index contributed by atoms with van der Waals surface area (Å²) in [5.74, 6) is -2.13. The van der Waals surface area contributed by atoms with Gasteiger partial charge < -0.3 is 5.11 Å². The number of carbonyl (C=O) groups is 1. The topological polar surface area (TPSA) is 37.3 Å². The van der Waals surface area contributed by atoms with E-state index in [1.165, 1.54) is 0 Å². The van der Waals surface area contributed by atoms with Gasteiger partial charge in [0.05, 0.1) is 11.5 Å². The first kappa shape index (κ1) is 18.7. The SMILES string of the molecule is CCC(C(=O)O)c1cc(C(F)(F)F)c2c3cccc4cccc(c5cccc1c52)c43. The van der Waals surface area contributed by atoms with Crippen molar-refractivity contribution in [1.82, 2.24) is 0 Å². The van der Waals surface area contributed by atoms with Crippen LogP contribution >= 0.6 is 0 Å². The summed E-state index contributed by atoms with van der Waals surface area (Å²) in [4.78, 5) is 11.9. The summed E-state index contributed by atoms with van der Waals surface area (Å²) in [6.07, 6.45) is -4.41. The molecule has 0 aliphatic carbocycles. The molecule has 0 bridgehead atoms. The number of hydrogen-bond acceptors (Lipinski definition) is 1. The fraction of sp³-hybridized carbons (Fsp3) is 0.160. The second kappa shape index (κ2) is 6.33. The van der Waals surface area contributed by atoms with E-state index in [9.17, 15) is 23.1 Å². The van der Waals surface area contributed by atoms with E-state index in [-0.39, 0.29) is 17.4 Å². The number of alkyl halides is 3. The predicted octanol–water partition coefficient (Wildman–Crippen LogP) is 7.33. The largest absolute Gasteiger partial charge is 0.481 e. The van der Waals surface area contributed by atoms with Gasteiger partial charge in [0.2, 0.25) is 0 Å². The Bertz CT molecular complexity index is 1440. The molecular weight excluding hydrogens is 389 g/mol. The standard InChI is InChI=1S/C25H17F3O2/c1-2-14(24(29)30)19-12-20(25(26,27)28)23-18-11-4-7-13-6-3-8-15(21(13)18)16-9-5-10-17(19)22(16)23/h3-12,14H,2H2,1H3,(H,29,30). The molecule has 5 rings (SSSR count). The van der Waals surface area contributed by atoms with Gasteiger partial charge in [-0.1, -0.05) is 61.5 Å². The minimum Gasteiger partial charge on any atom is -0.481 e. The van der Waals surface area contributed by atoms with Gasteiger partial charge in [-0.2, -0.15) is 13.2 Å². The molecule has 0 spiro atoms. The van der Waals surface area contributed by atoms with Crippen molar-refractivity contribution >= 4 is 49.1 Å². The van der Waals surface area contributed by atoms with Crippen molar-refractivity contribution in [2.45, 2.75) is 25.4 Å². The van der Waals surface area contributed by atoms with Crippen LogP contribution in [0, 0.1) is 0 Å². The van der Waals surface area contributed by atoms with Crippen LogP contribution in [0.15, 0.2) is 60.7 Å². The molecule has 0 aliphatic rings. The van der Waals surface area contributed by atoms with E-state index in [1.807, 2.05) is 30.3 Å². The Balaban J connectivity index is 2.14. The first-order valence-corrected chi connectivity index (χ1v) is 9.75. The monoisotopic (exact) mass is 406 g/mol. The highest BCUT2D eigenvalue weighted by Crippen LogP contribution is 2.47. The predicted molar refractivity (Wildman–Crippen MR) is 113 cm³/mol. The average molecular weight is 406 g/mol. The van der Waals surface area contributed by atoms with Gasteiger partial charge >= 0.3 is 12.1 Å². The van der Waals surface area contributed by atoms with Crippen LogP contribution in [-0.2, 0) is 11.0 Å². The molecular formula is C25H17F3O2. The van der Waals surface area contributed by atoms with E-state index in [0.29, 0.717) is 21.5 Å². The zero-order valence-corrected chi connectivity index (χ0v) is 16.0. The highest BCUT2D eigenvalue weighted by molar-refractivity contribution is 6.34. The third-order valence-electron chi connectivity index (χ3n) is 6.05. The Hall–Kier alpha value is -3.34. The van der Waals surface area contributed by atoms with Crippen LogP contribution < -0.4 is 0 Å². The van der Waals surface area contributed by atoms with Crippen molar-refractivity contribution in [1.29, 1.82) is 0 Å². The second-order valence-corrected chi connectivity index (χ2v) is 7.62. The minimum absolute atomic E-state index is 0.140. The smallest absolute Gasteiger partial charge is 0.417 e. The van der Waals surface area contributed by atoms with E-state index >= 15 is 0 Å². The summed E-state index contributed by atoms with van der Waals surface area (Å²) in [6.45, 7) is 1.68. The van der Waals surface area contributed by atoms with E-state index in [2.05, 4.69) is 0 Å². The van der Waals surface area contributed by atoms with Crippen molar-refractivity contribution in [2.24, 2.45) is 0 Å². The number of rotatable bonds is 3. The van der Waals surface area contributed by atoms with Crippen molar-refractivity contribution in [2.75, 3.05) is 0 Å². The molecule has 2 nitrogen and oxygen atoms in total. The van der Waals surface area contributed by atoms with E-state index in [0.717, 1.165) is 22.2 Å². The summed E-state index contributed by atoms with van der Waals surface area (Å²) < 4.78 is 42.8. The summed E-state index contributed by atoms with van der Waals surface area (Å²) in [5, 5.41) is 14.7. The van der Waals surface area contributed by atoms with Gasteiger partial charge in [-0.05, 0) is 55.8 Å². The van der Waals surface area contributed by atoms with Crippen LogP contribution in [0.2, 0.25) is 0 Å². The first-order chi connectivity index (χ1) is 14.3. The van der Waals surface area contributed by atoms with Gasteiger partial charge in [0, 0.05) is 5.39 Å². The molecule has 0 heterocycles. The molecule has 0 aliphatic heterocycles. The molecule has 5 aromatic carbocycles. The Morgan fingerprint density at radius 3 is 2.03 bits per heavy atom. The fourth-order valence-corrected chi connectivity index (χ4v) is 4.82. The van der Waals surface area contributed by atoms with Gasteiger partial charge in [0.1, 0.15) is 0 Å². The molecule has 0 fully saturated rings. The lowest BCUT2D eigenvalue weighted by Crippen LogP contribution is -2.14. The Morgan fingerprint density at radius 2 is 1.43 bits per heavy atom. The minimum atomic E-state index is -4.61. The lowest BCUT2D eigenvalue weighted by molar-refractivity contribution is -0.139. The zero-order valence-electron chi connectivity index (χ0n) is 16.0. The maximum Gasteiger partial charge on any atom is 0.417 e. The van der Waals surface area contributed by atoms with Gasteiger partial charge in [0.15, 0.2) is 0 Å². The lowest BCUT2D eigenvalue weighted by Gasteiger charge is -2.22. The molecule has 0 saturated carbocycles. The molecule has 0 aromatic heterocycles. The molecule has 1 N–H and O–H groups in total.